The number of carbonyl (C=O) groups is 2. The fourth-order valence-electron chi connectivity index (χ4n) is 1.82. The van der Waals surface area contributed by atoms with Crippen molar-refractivity contribution in [3.63, 3.8) is 0 Å². The van der Waals surface area contributed by atoms with E-state index in [1.54, 1.807) is 12.1 Å². The van der Waals surface area contributed by atoms with E-state index in [-0.39, 0.29) is 24.3 Å². The first kappa shape index (κ1) is 16.1. The van der Waals surface area contributed by atoms with Crippen molar-refractivity contribution < 1.29 is 14.0 Å². The standard InChI is InChI=1S/C15H16ClN3O3/c1-10(11-5-2-3-6-12(11)16)17-9-14(20)18-19-15(21)13-7-4-8-22-13/h2-8,10,17H,9H2,1H3,(H,18,20)(H,19,21)/t10-/m0/s1. The highest BCUT2D eigenvalue weighted by Gasteiger charge is 2.12. The van der Waals surface area contributed by atoms with Gasteiger partial charge in [0.1, 0.15) is 0 Å². The van der Waals surface area contributed by atoms with Crippen LogP contribution in [0.4, 0.5) is 0 Å². The number of hydrogen-bond acceptors (Lipinski definition) is 4. The number of hydrazine groups is 1. The van der Waals surface area contributed by atoms with Crippen molar-refractivity contribution in [1.29, 1.82) is 0 Å². The predicted octanol–water partition coefficient (Wildman–Crippen LogP) is 2.04. The Morgan fingerprint density at radius 2 is 1.95 bits per heavy atom. The average molecular weight is 322 g/mol. The van der Waals surface area contributed by atoms with Crippen molar-refractivity contribution in [2.24, 2.45) is 0 Å². The van der Waals surface area contributed by atoms with Gasteiger partial charge >= 0.3 is 5.91 Å². The fraction of sp³-hybridized carbons (Fsp3) is 0.200. The maximum Gasteiger partial charge on any atom is 0.305 e. The zero-order chi connectivity index (χ0) is 15.9. The molecule has 2 amide bonds. The number of carbonyl (C=O) groups excluding carboxylic acids is 2. The van der Waals surface area contributed by atoms with Gasteiger partial charge in [-0.2, -0.15) is 0 Å². The van der Waals surface area contributed by atoms with Gasteiger partial charge in [0.25, 0.3) is 5.91 Å². The van der Waals surface area contributed by atoms with E-state index in [4.69, 9.17) is 16.0 Å². The first-order valence-electron chi connectivity index (χ1n) is 6.68. The van der Waals surface area contributed by atoms with Crippen LogP contribution in [0, 0.1) is 0 Å². The SMILES string of the molecule is C[C@H](NCC(=O)NNC(=O)c1ccco1)c1ccccc1Cl. The molecule has 1 aromatic heterocycles. The number of rotatable bonds is 5. The van der Waals surface area contributed by atoms with Gasteiger partial charge < -0.3 is 9.73 Å². The second-order valence-corrected chi connectivity index (χ2v) is 5.01. The van der Waals surface area contributed by atoms with Crippen molar-refractivity contribution in [3.05, 3.63) is 59.0 Å². The molecule has 0 aliphatic carbocycles. The molecule has 1 atom stereocenters. The Morgan fingerprint density at radius 3 is 2.64 bits per heavy atom. The van der Waals surface area contributed by atoms with Crippen LogP contribution in [-0.2, 0) is 4.79 Å². The van der Waals surface area contributed by atoms with E-state index in [1.807, 2.05) is 25.1 Å². The molecule has 6 nitrogen and oxygen atoms in total. The first-order chi connectivity index (χ1) is 10.6. The fourth-order valence-corrected chi connectivity index (χ4v) is 2.12. The van der Waals surface area contributed by atoms with E-state index >= 15 is 0 Å². The molecule has 0 unspecified atom stereocenters. The smallest absolute Gasteiger partial charge is 0.305 e. The molecule has 3 N–H and O–H groups in total. The molecule has 2 rings (SSSR count). The van der Waals surface area contributed by atoms with Gasteiger partial charge in [-0.3, -0.25) is 20.4 Å². The molecule has 7 heteroatoms. The van der Waals surface area contributed by atoms with E-state index in [0.717, 1.165) is 5.56 Å². The Labute approximate surface area is 132 Å². The van der Waals surface area contributed by atoms with Crippen LogP contribution in [0.1, 0.15) is 29.1 Å². The molecule has 0 bridgehead atoms. The van der Waals surface area contributed by atoms with Crippen LogP contribution in [0.25, 0.3) is 0 Å². The van der Waals surface area contributed by atoms with Crippen molar-refractivity contribution in [2.75, 3.05) is 6.54 Å². The summed E-state index contributed by atoms with van der Waals surface area (Å²) in [6.07, 6.45) is 1.38. The van der Waals surface area contributed by atoms with Gasteiger partial charge in [-0.05, 0) is 30.7 Å². The number of furan rings is 1. The van der Waals surface area contributed by atoms with Crippen molar-refractivity contribution >= 4 is 23.4 Å². The normalized spacial score (nSPS) is 11.7. The summed E-state index contributed by atoms with van der Waals surface area (Å²) >= 11 is 6.09. The topological polar surface area (TPSA) is 83.4 Å². The van der Waals surface area contributed by atoms with Gasteiger partial charge in [0.05, 0.1) is 12.8 Å². The van der Waals surface area contributed by atoms with Gasteiger partial charge in [0, 0.05) is 11.1 Å². The third-order valence-corrected chi connectivity index (χ3v) is 3.35. The monoisotopic (exact) mass is 321 g/mol. The summed E-state index contributed by atoms with van der Waals surface area (Å²) in [5.41, 5.74) is 5.46. The highest BCUT2D eigenvalue weighted by Crippen LogP contribution is 2.21. The maximum absolute atomic E-state index is 11.7. The van der Waals surface area contributed by atoms with Crippen LogP contribution in [0.2, 0.25) is 5.02 Å². The Hall–Kier alpha value is -2.31. The van der Waals surface area contributed by atoms with Crippen molar-refractivity contribution in [1.82, 2.24) is 16.2 Å². The molecule has 1 heterocycles. The van der Waals surface area contributed by atoms with Crippen LogP contribution >= 0.6 is 11.6 Å². The Kier molecular flexibility index (Phi) is 5.57. The molecule has 0 saturated heterocycles. The van der Waals surface area contributed by atoms with E-state index < -0.39 is 5.91 Å². The third-order valence-electron chi connectivity index (χ3n) is 3.00. The molecule has 0 spiro atoms. The lowest BCUT2D eigenvalue weighted by atomic mass is 10.1. The summed E-state index contributed by atoms with van der Waals surface area (Å²) in [6, 6.07) is 10.4. The van der Waals surface area contributed by atoms with E-state index in [2.05, 4.69) is 16.2 Å². The minimum absolute atomic E-state index is 0.0326. The summed E-state index contributed by atoms with van der Waals surface area (Å²) < 4.78 is 4.90. The Balaban J connectivity index is 1.76. The summed E-state index contributed by atoms with van der Waals surface area (Å²) in [7, 11) is 0. The number of amides is 2. The number of nitrogens with one attached hydrogen (secondary N) is 3. The minimum Gasteiger partial charge on any atom is -0.459 e. The quantitative estimate of drug-likeness (QED) is 0.736. The maximum atomic E-state index is 11.7. The molecule has 116 valence electrons. The lowest BCUT2D eigenvalue weighted by Crippen LogP contribution is -2.45. The van der Waals surface area contributed by atoms with Crippen LogP contribution in [0.15, 0.2) is 47.1 Å². The van der Waals surface area contributed by atoms with Crippen LogP contribution in [0.3, 0.4) is 0 Å². The summed E-state index contributed by atoms with van der Waals surface area (Å²) in [6.45, 7) is 1.93. The lowest BCUT2D eigenvalue weighted by molar-refractivity contribution is -0.121. The molecule has 0 saturated carbocycles. The Bertz CT molecular complexity index is 643. The summed E-state index contributed by atoms with van der Waals surface area (Å²) in [5, 5.41) is 3.66. The Morgan fingerprint density at radius 1 is 1.18 bits per heavy atom. The van der Waals surface area contributed by atoms with E-state index in [1.165, 1.54) is 12.3 Å². The van der Waals surface area contributed by atoms with Gasteiger partial charge in [-0.15, -0.1) is 0 Å². The van der Waals surface area contributed by atoms with Crippen molar-refractivity contribution in [3.8, 4) is 0 Å². The van der Waals surface area contributed by atoms with Gasteiger partial charge in [-0.1, -0.05) is 29.8 Å². The molecule has 0 fully saturated rings. The molecule has 0 aliphatic heterocycles. The molecular weight excluding hydrogens is 306 g/mol. The summed E-state index contributed by atoms with van der Waals surface area (Å²) in [4.78, 5) is 23.2. The molecule has 0 radical (unpaired) electrons. The summed E-state index contributed by atoms with van der Waals surface area (Å²) in [5.74, 6) is -0.769. The molecule has 22 heavy (non-hydrogen) atoms. The van der Waals surface area contributed by atoms with Gasteiger partial charge in [0.2, 0.25) is 0 Å². The van der Waals surface area contributed by atoms with Gasteiger partial charge in [0.15, 0.2) is 5.76 Å². The second-order valence-electron chi connectivity index (χ2n) is 4.60. The first-order valence-corrected chi connectivity index (χ1v) is 7.06. The molecule has 2 aromatic rings. The lowest BCUT2D eigenvalue weighted by Gasteiger charge is -2.15. The number of halogens is 1. The zero-order valence-electron chi connectivity index (χ0n) is 11.9. The largest absolute Gasteiger partial charge is 0.459 e. The number of hydrogen-bond donors (Lipinski definition) is 3. The minimum atomic E-state index is -0.516. The zero-order valence-corrected chi connectivity index (χ0v) is 12.7. The van der Waals surface area contributed by atoms with Crippen LogP contribution in [0.5, 0.6) is 0 Å². The van der Waals surface area contributed by atoms with Crippen LogP contribution in [-0.4, -0.2) is 18.4 Å². The predicted molar refractivity (Wildman–Crippen MR) is 82.2 cm³/mol. The molecule has 1 aromatic carbocycles. The van der Waals surface area contributed by atoms with Crippen molar-refractivity contribution in [2.45, 2.75) is 13.0 Å². The van der Waals surface area contributed by atoms with E-state index in [9.17, 15) is 9.59 Å². The van der Waals surface area contributed by atoms with E-state index in [0.29, 0.717) is 5.02 Å². The third kappa shape index (κ3) is 4.34. The average Bonchev–Trinajstić information content (AvgIpc) is 3.05. The van der Waals surface area contributed by atoms with Crippen LogP contribution < -0.4 is 16.2 Å². The highest BCUT2D eigenvalue weighted by atomic mass is 35.5. The molecular formula is C15H16ClN3O3. The van der Waals surface area contributed by atoms with Gasteiger partial charge in [-0.25, -0.2) is 0 Å². The number of benzene rings is 1. The second kappa shape index (κ2) is 7.63. The molecule has 0 aliphatic rings. The highest BCUT2D eigenvalue weighted by molar-refractivity contribution is 6.31.